The number of halogens is 1. The molecule has 0 unspecified atom stereocenters. The number of hydrogen-bond acceptors (Lipinski definition) is 5. The van der Waals surface area contributed by atoms with Gasteiger partial charge in [0.05, 0.1) is 5.75 Å². The summed E-state index contributed by atoms with van der Waals surface area (Å²) in [6.07, 6.45) is 0. The maximum atomic E-state index is 4.69. The maximum absolute atomic E-state index is 4.69. The zero-order chi connectivity index (χ0) is 16.4. The Bertz CT molecular complexity index is 965. The number of rotatable bonds is 5. The van der Waals surface area contributed by atoms with Crippen molar-refractivity contribution in [1.82, 2.24) is 19.8 Å². The quantitative estimate of drug-likeness (QED) is 0.456. The number of thioether (sulfide) groups is 1. The van der Waals surface area contributed by atoms with Crippen LogP contribution in [0.1, 0.15) is 11.4 Å². The number of fused-ring (bicyclic) bond motifs is 1. The summed E-state index contributed by atoms with van der Waals surface area (Å²) in [5, 5.41) is 14.2. The average Bonchev–Trinajstić information content (AvgIpc) is 3.18. The van der Waals surface area contributed by atoms with Gasteiger partial charge < -0.3 is 0 Å². The molecule has 0 saturated heterocycles. The van der Waals surface area contributed by atoms with Gasteiger partial charge >= 0.3 is 0 Å². The highest BCUT2D eigenvalue weighted by atomic mass is 79.9. The lowest BCUT2D eigenvalue weighted by Crippen LogP contribution is -1.94. The van der Waals surface area contributed by atoms with Crippen molar-refractivity contribution in [2.75, 3.05) is 0 Å². The summed E-state index contributed by atoms with van der Waals surface area (Å²) in [4.78, 5) is 0.834. The molecule has 2 aromatic carbocycles. The van der Waals surface area contributed by atoms with Crippen LogP contribution in [0.25, 0.3) is 15.5 Å². The topological polar surface area (TPSA) is 43.1 Å². The molecule has 7 heteroatoms. The summed E-state index contributed by atoms with van der Waals surface area (Å²) in [5.74, 6) is 2.64. The highest BCUT2D eigenvalue weighted by Gasteiger charge is 2.13. The zero-order valence-corrected chi connectivity index (χ0v) is 15.8. The van der Waals surface area contributed by atoms with Crippen LogP contribution in [0.5, 0.6) is 0 Å². The summed E-state index contributed by atoms with van der Waals surface area (Å²) < 4.78 is 2.91. The van der Waals surface area contributed by atoms with E-state index < -0.39 is 0 Å². The lowest BCUT2D eigenvalue weighted by Gasteiger charge is -2.00. The van der Waals surface area contributed by atoms with Gasteiger partial charge in [0.2, 0.25) is 4.96 Å². The van der Waals surface area contributed by atoms with Gasteiger partial charge in [-0.05, 0) is 17.7 Å². The first-order valence-electron chi connectivity index (χ1n) is 7.38. The van der Waals surface area contributed by atoms with Gasteiger partial charge in [0, 0.05) is 15.8 Å². The number of nitrogens with zero attached hydrogens (tertiary/aromatic N) is 4. The first-order valence-corrected chi connectivity index (χ1v) is 10.1. The Morgan fingerprint density at radius 3 is 2.71 bits per heavy atom. The van der Waals surface area contributed by atoms with E-state index >= 15 is 0 Å². The number of aromatic nitrogens is 4. The molecule has 2 aromatic heterocycles. The fourth-order valence-electron chi connectivity index (χ4n) is 2.32. The molecule has 4 nitrogen and oxygen atoms in total. The molecule has 120 valence electrons. The number of hydrogen-bond donors (Lipinski definition) is 0. The molecule has 0 aliphatic rings. The van der Waals surface area contributed by atoms with Crippen molar-refractivity contribution in [2.24, 2.45) is 0 Å². The van der Waals surface area contributed by atoms with Gasteiger partial charge in [-0.15, -0.1) is 22.0 Å². The molecule has 0 aliphatic carbocycles. The van der Waals surface area contributed by atoms with Crippen LogP contribution >= 0.6 is 39.0 Å². The van der Waals surface area contributed by atoms with Crippen molar-refractivity contribution in [2.45, 2.75) is 11.5 Å². The number of benzene rings is 2. The minimum atomic E-state index is 0.789. The van der Waals surface area contributed by atoms with Crippen LogP contribution in [0, 0.1) is 0 Å². The molecule has 4 aromatic rings. The van der Waals surface area contributed by atoms with Crippen LogP contribution in [0.15, 0.2) is 59.1 Å². The molecule has 0 aliphatic heterocycles. The van der Waals surface area contributed by atoms with Crippen LogP contribution < -0.4 is 0 Å². The summed E-state index contributed by atoms with van der Waals surface area (Å²) in [6, 6.07) is 18.6. The van der Waals surface area contributed by atoms with E-state index in [2.05, 4.69) is 67.6 Å². The predicted molar refractivity (Wildman–Crippen MR) is 103 cm³/mol. The largest absolute Gasteiger partial charge is 0.235 e. The lowest BCUT2D eigenvalue weighted by atomic mass is 10.2. The van der Waals surface area contributed by atoms with E-state index in [0.717, 1.165) is 37.3 Å². The van der Waals surface area contributed by atoms with Crippen LogP contribution in [0.3, 0.4) is 0 Å². The monoisotopic (exact) mass is 416 g/mol. The second kappa shape index (κ2) is 7.04. The smallest absolute Gasteiger partial charge is 0.186 e. The minimum Gasteiger partial charge on any atom is -0.186 e. The molecule has 2 heterocycles. The first-order chi connectivity index (χ1) is 11.8. The van der Waals surface area contributed by atoms with Gasteiger partial charge in [-0.1, -0.05) is 69.7 Å². The normalized spacial score (nSPS) is 11.2. The Labute approximate surface area is 156 Å². The van der Waals surface area contributed by atoms with E-state index in [9.17, 15) is 0 Å². The van der Waals surface area contributed by atoms with Gasteiger partial charge in [-0.2, -0.15) is 9.61 Å². The molecular formula is C17H13BrN4S2. The van der Waals surface area contributed by atoms with E-state index in [1.54, 1.807) is 11.3 Å². The summed E-state index contributed by atoms with van der Waals surface area (Å²) in [7, 11) is 0. The molecule has 0 atom stereocenters. The van der Waals surface area contributed by atoms with Crippen LogP contribution in [0.2, 0.25) is 0 Å². The highest BCUT2D eigenvalue weighted by Crippen LogP contribution is 2.28. The SMILES string of the molecule is Brc1cccc(-c2nn3c(CSCc4ccccc4)nnc3s2)c1. The molecule has 24 heavy (non-hydrogen) atoms. The third-order valence-electron chi connectivity index (χ3n) is 3.47. The predicted octanol–water partition coefficient (Wildman–Crippen LogP) is 5.05. The Balaban J connectivity index is 1.52. The van der Waals surface area contributed by atoms with Gasteiger partial charge in [0.25, 0.3) is 0 Å². The Morgan fingerprint density at radius 2 is 1.88 bits per heavy atom. The second-order valence-corrected chi connectivity index (χ2v) is 8.06. The van der Waals surface area contributed by atoms with E-state index in [1.165, 1.54) is 5.56 Å². The van der Waals surface area contributed by atoms with Crippen molar-refractivity contribution < 1.29 is 0 Å². The van der Waals surface area contributed by atoms with E-state index in [0.29, 0.717) is 0 Å². The van der Waals surface area contributed by atoms with Gasteiger partial charge in [0.1, 0.15) is 5.01 Å². The molecule has 0 saturated carbocycles. The molecule has 0 bridgehead atoms. The van der Waals surface area contributed by atoms with Crippen molar-refractivity contribution >= 4 is 44.0 Å². The van der Waals surface area contributed by atoms with Crippen LogP contribution in [-0.2, 0) is 11.5 Å². The maximum Gasteiger partial charge on any atom is 0.235 e. The standard InChI is InChI=1S/C17H13BrN4S2/c18-14-8-4-7-13(9-14)16-21-22-15(19-20-17(22)24-16)11-23-10-12-5-2-1-3-6-12/h1-9H,10-11H2. The van der Waals surface area contributed by atoms with Crippen LogP contribution in [0.4, 0.5) is 0 Å². The fourth-order valence-corrected chi connectivity index (χ4v) is 4.47. The Hall–Kier alpha value is -1.70. The first kappa shape index (κ1) is 15.8. The molecule has 0 radical (unpaired) electrons. The van der Waals surface area contributed by atoms with Gasteiger partial charge in [0.15, 0.2) is 5.82 Å². The highest BCUT2D eigenvalue weighted by molar-refractivity contribution is 9.10. The lowest BCUT2D eigenvalue weighted by molar-refractivity contribution is 0.887. The van der Waals surface area contributed by atoms with Crippen molar-refractivity contribution in [3.05, 3.63) is 70.5 Å². The second-order valence-electron chi connectivity index (χ2n) is 5.21. The van der Waals surface area contributed by atoms with E-state index in [1.807, 2.05) is 34.5 Å². The van der Waals surface area contributed by atoms with Crippen molar-refractivity contribution in [1.29, 1.82) is 0 Å². The molecule has 0 amide bonds. The molecular weight excluding hydrogens is 404 g/mol. The van der Waals surface area contributed by atoms with Crippen LogP contribution in [-0.4, -0.2) is 19.8 Å². The Morgan fingerprint density at radius 1 is 1.00 bits per heavy atom. The third kappa shape index (κ3) is 3.38. The summed E-state index contributed by atoms with van der Waals surface area (Å²) >= 11 is 6.88. The molecule has 4 rings (SSSR count). The van der Waals surface area contributed by atoms with E-state index in [-0.39, 0.29) is 0 Å². The molecule has 0 fully saturated rings. The average molecular weight is 417 g/mol. The minimum absolute atomic E-state index is 0.789. The van der Waals surface area contributed by atoms with Gasteiger partial charge in [-0.3, -0.25) is 0 Å². The van der Waals surface area contributed by atoms with Crippen molar-refractivity contribution in [3.63, 3.8) is 0 Å². The Kier molecular flexibility index (Phi) is 4.64. The summed E-state index contributed by atoms with van der Waals surface area (Å²) in [5.41, 5.74) is 2.40. The van der Waals surface area contributed by atoms with E-state index in [4.69, 9.17) is 0 Å². The third-order valence-corrected chi connectivity index (χ3v) is 5.91. The van der Waals surface area contributed by atoms with Crippen molar-refractivity contribution in [3.8, 4) is 10.6 Å². The molecule has 0 spiro atoms. The zero-order valence-electron chi connectivity index (χ0n) is 12.6. The van der Waals surface area contributed by atoms with Gasteiger partial charge in [-0.25, -0.2) is 0 Å². The summed E-state index contributed by atoms with van der Waals surface area (Å²) in [6.45, 7) is 0. The fraction of sp³-hybridized carbons (Fsp3) is 0.118. The molecule has 0 N–H and O–H groups in total.